The Hall–Kier alpha value is -1.56. The number of hydrogen-bond donors (Lipinski definition) is 1. The van der Waals surface area contributed by atoms with Crippen LogP contribution in [0.25, 0.3) is 0 Å². The molecule has 0 bridgehead atoms. The Morgan fingerprint density at radius 2 is 2.50 bits per heavy atom. The molecule has 1 aliphatic rings. The van der Waals surface area contributed by atoms with E-state index in [9.17, 15) is 4.79 Å². The Morgan fingerprint density at radius 1 is 1.67 bits per heavy atom. The van der Waals surface area contributed by atoms with Crippen molar-refractivity contribution in [2.24, 2.45) is 5.92 Å². The molecule has 1 atom stereocenters. The highest BCUT2D eigenvalue weighted by atomic mass is 16.5. The zero-order chi connectivity index (χ0) is 13.0. The summed E-state index contributed by atoms with van der Waals surface area (Å²) in [4.78, 5) is 13.4. The Kier molecular flexibility index (Phi) is 4.19. The molecule has 0 aliphatic carbocycles. The predicted molar refractivity (Wildman–Crippen MR) is 65.0 cm³/mol. The van der Waals surface area contributed by atoms with Gasteiger partial charge in [-0.2, -0.15) is 0 Å². The van der Waals surface area contributed by atoms with Crippen molar-refractivity contribution in [2.75, 3.05) is 26.8 Å². The maximum absolute atomic E-state index is 11.8. The van der Waals surface area contributed by atoms with Gasteiger partial charge in [-0.05, 0) is 13.3 Å². The highest BCUT2D eigenvalue weighted by Crippen LogP contribution is 2.11. The van der Waals surface area contributed by atoms with Crippen molar-refractivity contribution in [3.8, 4) is 0 Å². The van der Waals surface area contributed by atoms with Crippen LogP contribution in [0.4, 0.5) is 4.79 Å². The number of ether oxygens (including phenoxy) is 1. The van der Waals surface area contributed by atoms with E-state index in [-0.39, 0.29) is 6.03 Å². The second-order valence-corrected chi connectivity index (χ2v) is 4.70. The second-order valence-electron chi connectivity index (χ2n) is 4.70. The number of aryl methyl sites for hydroxylation is 1. The molecule has 2 heterocycles. The number of carbonyl (C=O) groups is 1. The molecule has 6 heteroatoms. The third-order valence-electron chi connectivity index (χ3n) is 2.99. The molecule has 1 aliphatic heterocycles. The normalized spacial score (nSPS) is 18.9. The van der Waals surface area contributed by atoms with Gasteiger partial charge in [-0.1, -0.05) is 5.16 Å². The van der Waals surface area contributed by atoms with Crippen molar-refractivity contribution in [1.29, 1.82) is 0 Å². The number of amides is 2. The molecule has 1 aromatic rings. The zero-order valence-electron chi connectivity index (χ0n) is 10.8. The fourth-order valence-electron chi connectivity index (χ4n) is 1.92. The van der Waals surface area contributed by atoms with Gasteiger partial charge in [0.1, 0.15) is 11.5 Å². The van der Waals surface area contributed by atoms with Gasteiger partial charge >= 0.3 is 6.03 Å². The lowest BCUT2D eigenvalue weighted by Gasteiger charge is -2.17. The molecule has 2 rings (SSSR count). The minimum Gasteiger partial charge on any atom is -0.381 e. The lowest BCUT2D eigenvalue weighted by molar-refractivity contribution is 0.182. The van der Waals surface area contributed by atoms with Gasteiger partial charge in [0.25, 0.3) is 0 Å². The smallest absolute Gasteiger partial charge is 0.317 e. The molecule has 0 unspecified atom stereocenters. The van der Waals surface area contributed by atoms with Crippen LogP contribution >= 0.6 is 0 Å². The first-order valence-electron chi connectivity index (χ1n) is 6.14. The minimum atomic E-state index is -0.0949. The monoisotopic (exact) mass is 253 g/mol. The number of hydrogen-bond acceptors (Lipinski definition) is 4. The summed E-state index contributed by atoms with van der Waals surface area (Å²) in [5.41, 5.74) is 0.759. The van der Waals surface area contributed by atoms with Gasteiger partial charge in [-0.25, -0.2) is 4.79 Å². The average molecular weight is 253 g/mol. The first kappa shape index (κ1) is 12.9. The largest absolute Gasteiger partial charge is 0.381 e. The Balaban J connectivity index is 1.74. The fraction of sp³-hybridized carbons (Fsp3) is 0.667. The summed E-state index contributed by atoms with van der Waals surface area (Å²) in [5.74, 6) is 1.19. The SMILES string of the molecule is Cc1cc(CN(C)C(=O)NC[C@@H]2CCOC2)no1. The first-order chi connectivity index (χ1) is 8.65. The van der Waals surface area contributed by atoms with Crippen molar-refractivity contribution in [2.45, 2.75) is 19.9 Å². The lowest BCUT2D eigenvalue weighted by Crippen LogP contribution is -2.39. The van der Waals surface area contributed by atoms with Gasteiger partial charge in [0, 0.05) is 32.2 Å². The van der Waals surface area contributed by atoms with Crippen LogP contribution in [0, 0.1) is 12.8 Å². The molecule has 0 aromatic carbocycles. The maximum atomic E-state index is 11.8. The molecule has 6 nitrogen and oxygen atoms in total. The van der Waals surface area contributed by atoms with Crippen LogP contribution in [-0.4, -0.2) is 42.9 Å². The molecule has 0 spiro atoms. The van der Waals surface area contributed by atoms with Gasteiger partial charge in [-0.3, -0.25) is 0 Å². The van der Waals surface area contributed by atoms with Gasteiger partial charge in [0.15, 0.2) is 0 Å². The van der Waals surface area contributed by atoms with Crippen molar-refractivity contribution >= 4 is 6.03 Å². The number of rotatable bonds is 4. The van der Waals surface area contributed by atoms with Crippen LogP contribution in [-0.2, 0) is 11.3 Å². The van der Waals surface area contributed by atoms with E-state index in [1.54, 1.807) is 11.9 Å². The number of carbonyl (C=O) groups excluding carboxylic acids is 1. The fourth-order valence-corrected chi connectivity index (χ4v) is 1.92. The van der Waals surface area contributed by atoms with E-state index in [1.165, 1.54) is 0 Å². The number of nitrogens with zero attached hydrogens (tertiary/aromatic N) is 2. The van der Waals surface area contributed by atoms with Crippen LogP contribution < -0.4 is 5.32 Å². The Morgan fingerprint density at radius 3 is 3.11 bits per heavy atom. The molecule has 1 N–H and O–H groups in total. The molecule has 100 valence electrons. The Labute approximate surface area is 106 Å². The summed E-state index contributed by atoms with van der Waals surface area (Å²) in [6.45, 7) is 4.49. The molecule has 0 saturated carbocycles. The molecule has 1 fully saturated rings. The molecule has 0 radical (unpaired) electrons. The van der Waals surface area contributed by atoms with Gasteiger partial charge in [0.2, 0.25) is 0 Å². The number of nitrogens with one attached hydrogen (secondary N) is 1. The van der Waals surface area contributed by atoms with E-state index >= 15 is 0 Å². The van der Waals surface area contributed by atoms with Crippen LogP contribution in [0.2, 0.25) is 0 Å². The minimum absolute atomic E-state index is 0.0949. The first-order valence-corrected chi connectivity index (χ1v) is 6.14. The van der Waals surface area contributed by atoms with Gasteiger partial charge in [-0.15, -0.1) is 0 Å². The molecule has 1 saturated heterocycles. The van der Waals surface area contributed by atoms with E-state index in [2.05, 4.69) is 10.5 Å². The van der Waals surface area contributed by atoms with Crippen LogP contribution in [0.5, 0.6) is 0 Å². The van der Waals surface area contributed by atoms with E-state index < -0.39 is 0 Å². The Bertz CT molecular complexity index is 399. The zero-order valence-corrected chi connectivity index (χ0v) is 10.8. The summed E-state index contributed by atoms with van der Waals surface area (Å²) in [6.07, 6.45) is 1.02. The van der Waals surface area contributed by atoms with Crippen LogP contribution in [0.3, 0.4) is 0 Å². The highest BCUT2D eigenvalue weighted by molar-refractivity contribution is 5.73. The number of aromatic nitrogens is 1. The molecule has 1 aromatic heterocycles. The van der Waals surface area contributed by atoms with Crippen molar-refractivity contribution < 1.29 is 14.1 Å². The number of urea groups is 1. The summed E-state index contributed by atoms with van der Waals surface area (Å²) in [6, 6.07) is 1.73. The lowest BCUT2D eigenvalue weighted by atomic mass is 10.1. The summed E-state index contributed by atoms with van der Waals surface area (Å²) in [5, 5.41) is 6.76. The standard InChI is InChI=1S/C12H19N3O3/c1-9-5-11(14-18-9)7-15(2)12(16)13-6-10-3-4-17-8-10/h5,10H,3-4,6-8H2,1-2H3,(H,13,16)/t10-/m0/s1. The molecular weight excluding hydrogens is 234 g/mol. The van der Waals surface area contributed by atoms with Crippen LogP contribution in [0.15, 0.2) is 10.6 Å². The van der Waals surface area contributed by atoms with E-state index in [1.807, 2.05) is 13.0 Å². The topological polar surface area (TPSA) is 67.6 Å². The van der Waals surface area contributed by atoms with E-state index in [4.69, 9.17) is 9.26 Å². The van der Waals surface area contributed by atoms with Crippen LogP contribution in [0.1, 0.15) is 17.9 Å². The molecular formula is C12H19N3O3. The van der Waals surface area contributed by atoms with Crippen molar-refractivity contribution in [3.05, 3.63) is 17.5 Å². The average Bonchev–Trinajstić information content (AvgIpc) is 2.97. The maximum Gasteiger partial charge on any atom is 0.317 e. The third-order valence-corrected chi connectivity index (χ3v) is 2.99. The third kappa shape index (κ3) is 3.46. The van der Waals surface area contributed by atoms with Crippen molar-refractivity contribution in [3.63, 3.8) is 0 Å². The molecule has 2 amide bonds. The van der Waals surface area contributed by atoms with E-state index in [0.717, 1.165) is 31.1 Å². The van der Waals surface area contributed by atoms with E-state index in [0.29, 0.717) is 19.0 Å². The van der Waals surface area contributed by atoms with Gasteiger partial charge in [0.05, 0.1) is 13.2 Å². The van der Waals surface area contributed by atoms with Gasteiger partial charge < -0.3 is 19.5 Å². The summed E-state index contributed by atoms with van der Waals surface area (Å²) in [7, 11) is 1.74. The highest BCUT2D eigenvalue weighted by Gasteiger charge is 2.18. The van der Waals surface area contributed by atoms with Crippen molar-refractivity contribution in [1.82, 2.24) is 15.4 Å². The second kappa shape index (κ2) is 5.86. The summed E-state index contributed by atoms with van der Waals surface area (Å²) >= 11 is 0. The molecule has 18 heavy (non-hydrogen) atoms. The summed E-state index contributed by atoms with van der Waals surface area (Å²) < 4.78 is 10.2. The quantitative estimate of drug-likeness (QED) is 0.874. The predicted octanol–water partition coefficient (Wildman–Crippen LogP) is 1.16.